The second-order valence-corrected chi connectivity index (χ2v) is 25.3. The Balaban J connectivity index is 1.09. The number of nitrogens with zero attached hydrogens (tertiary/aromatic N) is 3. The van der Waals surface area contributed by atoms with Gasteiger partial charge in [-0.3, -0.25) is 9.55 Å². The molecule has 0 radical (unpaired) electrons. The number of phenolic OH excluding ortho intramolecular Hbond substituents is 1. The molecule has 1 aliphatic carbocycles. The second-order valence-electron chi connectivity index (χ2n) is 25.3. The molecule has 2 heterocycles. The highest BCUT2D eigenvalue weighted by molar-refractivity contribution is 5.98. The predicted octanol–water partition coefficient (Wildman–Crippen LogP) is 19.4. The first-order valence-corrected chi connectivity index (χ1v) is 28.3. The van der Waals surface area contributed by atoms with Crippen molar-refractivity contribution >= 4 is 11.0 Å². The number of fused-ring (bicyclic) bond motifs is 1. The first-order chi connectivity index (χ1) is 37.3. The van der Waals surface area contributed by atoms with Crippen molar-refractivity contribution in [2.75, 3.05) is 0 Å². The van der Waals surface area contributed by atoms with Gasteiger partial charge in [0.1, 0.15) is 11.6 Å². The molecule has 0 saturated heterocycles. The maximum absolute atomic E-state index is 12.7. The number of phenols is 1. The van der Waals surface area contributed by atoms with Gasteiger partial charge in [0.2, 0.25) is 0 Å². The number of benzene rings is 8. The Hall–Kier alpha value is -7.82. The third-order valence-corrected chi connectivity index (χ3v) is 16.8. The zero-order valence-corrected chi connectivity index (χ0v) is 47.5. The van der Waals surface area contributed by atoms with Crippen LogP contribution < -0.4 is 0 Å². The maximum atomic E-state index is 12.7. The van der Waals surface area contributed by atoms with E-state index in [0.717, 1.165) is 84.5 Å². The minimum atomic E-state index is -0.330. The molecule has 11 rings (SSSR count). The van der Waals surface area contributed by atoms with Gasteiger partial charge in [0.25, 0.3) is 0 Å². The fourth-order valence-corrected chi connectivity index (χ4v) is 12.0. The van der Waals surface area contributed by atoms with Gasteiger partial charge in [-0.2, -0.15) is 0 Å². The van der Waals surface area contributed by atoms with E-state index in [9.17, 15) is 5.11 Å². The number of pyridine rings is 1. The molecule has 4 heteroatoms. The van der Waals surface area contributed by atoms with Crippen molar-refractivity contribution in [3.8, 4) is 67.5 Å². The van der Waals surface area contributed by atoms with E-state index in [1.165, 1.54) is 53.5 Å². The predicted molar refractivity (Wildman–Crippen MR) is 328 cm³/mol. The molecule has 2 aromatic heterocycles. The van der Waals surface area contributed by atoms with Crippen LogP contribution in [0.5, 0.6) is 5.75 Å². The minimum Gasteiger partial charge on any atom is -0.507 e. The highest BCUT2D eigenvalue weighted by Crippen LogP contribution is 2.47. The molecule has 1 N–H and O–H groups in total. The molecule has 10 aromatic rings. The van der Waals surface area contributed by atoms with Crippen LogP contribution in [0, 0.1) is 5.92 Å². The van der Waals surface area contributed by atoms with E-state index in [1.807, 2.05) is 6.20 Å². The topological polar surface area (TPSA) is 50.9 Å². The lowest BCUT2D eigenvalue weighted by Crippen LogP contribution is -2.25. The van der Waals surface area contributed by atoms with Crippen LogP contribution in [0.15, 0.2) is 200 Å². The lowest BCUT2D eigenvalue weighted by atomic mass is 9.71. The Morgan fingerprint density at radius 3 is 1.69 bits per heavy atom. The van der Waals surface area contributed by atoms with Gasteiger partial charge in [0, 0.05) is 33.9 Å². The van der Waals surface area contributed by atoms with Gasteiger partial charge in [0.15, 0.2) is 0 Å². The van der Waals surface area contributed by atoms with E-state index < -0.39 is 0 Å². The van der Waals surface area contributed by atoms with E-state index in [2.05, 4.69) is 268 Å². The summed E-state index contributed by atoms with van der Waals surface area (Å²) in [6.07, 6.45) is 8.24. The average Bonchev–Trinajstić information content (AvgIpc) is 4.32. The van der Waals surface area contributed by atoms with Gasteiger partial charge >= 0.3 is 0 Å². The lowest BCUT2D eigenvalue weighted by molar-refractivity contribution is 0.446. The largest absolute Gasteiger partial charge is 0.507 e. The van der Waals surface area contributed by atoms with Crippen LogP contribution in [-0.4, -0.2) is 19.6 Å². The first-order valence-electron chi connectivity index (χ1n) is 28.3. The number of imidazole rings is 1. The molecule has 0 spiro atoms. The third-order valence-electron chi connectivity index (χ3n) is 16.8. The molecular weight excluding hydrogens is 947 g/mol. The highest BCUT2D eigenvalue weighted by atomic mass is 16.3. The van der Waals surface area contributed by atoms with Gasteiger partial charge < -0.3 is 5.11 Å². The van der Waals surface area contributed by atoms with E-state index in [1.54, 1.807) is 0 Å². The van der Waals surface area contributed by atoms with Crippen LogP contribution in [0.4, 0.5) is 0 Å². The Morgan fingerprint density at radius 1 is 0.462 bits per heavy atom. The molecular formula is C74H75N3O. The molecule has 1 aliphatic rings. The van der Waals surface area contributed by atoms with Gasteiger partial charge in [-0.15, -0.1) is 0 Å². The molecule has 0 aliphatic heterocycles. The first kappa shape index (κ1) is 52.2. The summed E-state index contributed by atoms with van der Waals surface area (Å²) in [6.45, 7) is 22.5. The number of aromatic hydroxyl groups is 1. The normalized spacial score (nSPS) is 13.6. The van der Waals surface area contributed by atoms with Crippen molar-refractivity contribution in [1.29, 1.82) is 0 Å². The Morgan fingerprint density at radius 2 is 1.06 bits per heavy atom. The van der Waals surface area contributed by atoms with Crippen molar-refractivity contribution in [2.24, 2.45) is 5.92 Å². The van der Waals surface area contributed by atoms with Crippen LogP contribution in [0.25, 0.3) is 72.7 Å². The van der Waals surface area contributed by atoms with Crippen molar-refractivity contribution in [3.05, 3.63) is 239 Å². The van der Waals surface area contributed by atoms with Gasteiger partial charge in [-0.05, 0) is 140 Å². The summed E-state index contributed by atoms with van der Waals surface area (Å²) in [5, 5.41) is 12.7. The van der Waals surface area contributed by atoms with Gasteiger partial charge in [0.05, 0.1) is 28.0 Å². The summed E-state index contributed by atoms with van der Waals surface area (Å²) in [5.74, 6) is 1.69. The molecule has 4 nitrogen and oxygen atoms in total. The lowest BCUT2D eigenvalue weighted by Gasteiger charge is -2.32. The fourth-order valence-electron chi connectivity index (χ4n) is 12.0. The fraction of sp³-hybridized carbons (Fsp3) is 0.270. The maximum Gasteiger partial charge on any atom is 0.149 e. The third kappa shape index (κ3) is 10.1. The van der Waals surface area contributed by atoms with E-state index in [-0.39, 0.29) is 27.4 Å². The van der Waals surface area contributed by atoms with Crippen molar-refractivity contribution in [1.82, 2.24) is 14.5 Å². The molecule has 1 saturated carbocycles. The zero-order chi connectivity index (χ0) is 54.6. The average molecular weight is 1020 g/mol. The van der Waals surface area contributed by atoms with Crippen LogP contribution in [0.1, 0.15) is 134 Å². The number of hydrogen-bond acceptors (Lipinski definition) is 3. The van der Waals surface area contributed by atoms with Crippen molar-refractivity contribution in [2.45, 2.75) is 123 Å². The van der Waals surface area contributed by atoms with E-state index >= 15 is 0 Å². The van der Waals surface area contributed by atoms with Crippen LogP contribution in [0.3, 0.4) is 0 Å². The molecule has 8 aromatic carbocycles. The molecule has 1 fully saturated rings. The summed E-state index contributed by atoms with van der Waals surface area (Å²) < 4.78 is 2.33. The number of aromatic nitrogens is 3. The summed E-state index contributed by atoms with van der Waals surface area (Å²) in [5.41, 5.74) is 19.5. The van der Waals surface area contributed by atoms with Crippen molar-refractivity contribution < 1.29 is 5.11 Å². The molecule has 392 valence electrons. The van der Waals surface area contributed by atoms with Crippen LogP contribution >= 0.6 is 0 Å². The van der Waals surface area contributed by atoms with Crippen molar-refractivity contribution in [3.63, 3.8) is 0 Å². The summed E-state index contributed by atoms with van der Waals surface area (Å²) >= 11 is 0. The number of hydrogen-bond donors (Lipinski definition) is 1. The Kier molecular flexibility index (Phi) is 13.7. The van der Waals surface area contributed by atoms with Gasteiger partial charge in [-0.25, -0.2) is 4.98 Å². The smallest absolute Gasteiger partial charge is 0.149 e. The molecule has 0 unspecified atom stereocenters. The molecule has 0 atom stereocenters. The quantitative estimate of drug-likeness (QED) is 0.131. The number of rotatable bonds is 11. The summed E-state index contributed by atoms with van der Waals surface area (Å²) in [4.78, 5) is 10.9. The zero-order valence-electron chi connectivity index (χ0n) is 47.5. The van der Waals surface area contributed by atoms with Gasteiger partial charge in [-0.1, -0.05) is 234 Å². The van der Waals surface area contributed by atoms with Crippen LogP contribution in [0.2, 0.25) is 0 Å². The standard InChI is InChI=1S/C74H75N3O/c1-71(2,3)59-44-54(43-55(45-59)65-46-53(39-40-75-65)51-34-36-58(37-35-51)74(10,56-27-16-12-17-28-56)57-29-18-13-19-30-57)61-31-22-32-67-68(61)76-70(63-47-60(72(4,5)6)48-64(69(63)78)73(7,8)9)77(67)66-38-33-50(41-49-23-20-21-24-49)42-62(66)52-25-14-11-15-26-52/h11-19,22,25-40,42-49,78H,20-21,23-24,41H2,1-10H3. The molecule has 0 bridgehead atoms. The second kappa shape index (κ2) is 20.5. The van der Waals surface area contributed by atoms with E-state index in [0.29, 0.717) is 11.7 Å². The monoisotopic (exact) mass is 1020 g/mol. The minimum absolute atomic E-state index is 0.172. The summed E-state index contributed by atoms with van der Waals surface area (Å²) in [7, 11) is 0. The Labute approximate surface area is 464 Å². The summed E-state index contributed by atoms with van der Waals surface area (Å²) in [6, 6.07) is 70.9. The van der Waals surface area contributed by atoms with Crippen LogP contribution in [-0.2, 0) is 28.1 Å². The van der Waals surface area contributed by atoms with E-state index in [4.69, 9.17) is 9.97 Å². The molecule has 78 heavy (non-hydrogen) atoms. The highest BCUT2D eigenvalue weighted by Gasteiger charge is 2.32. The molecule has 0 amide bonds. The SMILES string of the molecule is CC(C)(C)c1cc(-c2cc(-c3ccc(C(C)(c4ccccc4)c4ccccc4)cc3)ccn2)cc(-c2cccc3c2nc(-c2cc(C(C)(C)C)cc(C(C)(C)C)c2O)n3-c2ccc(CC3CCCC3)cc2-c2ccccc2)c1. The Bertz CT molecular complexity index is 3730. The number of para-hydroxylation sites is 1.